The number of hydrogen-bond donors (Lipinski definition) is 0. The molecular weight excluding hydrogens is 652 g/mol. The van der Waals surface area contributed by atoms with E-state index in [9.17, 15) is 29.8 Å². The number of para-hydroxylation sites is 2. The lowest BCUT2D eigenvalue weighted by atomic mass is 10.1. The van der Waals surface area contributed by atoms with Crippen molar-refractivity contribution in [3.8, 4) is 34.5 Å². The fraction of sp³-hybridized carbons (Fsp3) is 0.167. The molecule has 260 valence electrons. The molecule has 0 heterocycles. The molecule has 0 radical (unpaired) electrons. The van der Waals surface area contributed by atoms with Crippen LogP contribution in [0.1, 0.15) is 31.8 Å². The van der Waals surface area contributed by atoms with Gasteiger partial charge in [0.05, 0.1) is 74.8 Å². The van der Waals surface area contributed by atoms with E-state index >= 15 is 0 Å². The van der Waals surface area contributed by atoms with Gasteiger partial charge in [-0.05, 0) is 60.7 Å². The van der Waals surface area contributed by atoms with Gasteiger partial charge >= 0.3 is 0 Å². The number of benzene rings is 4. The minimum Gasteiger partial charge on any atom is -0.493 e. The average Bonchev–Trinajstić information content (AvgIpc) is 3.14. The number of hydrogen-bond acceptors (Lipinski definition) is 12. The first kappa shape index (κ1) is 37.8. The molecule has 0 atom stereocenters. The summed E-state index contributed by atoms with van der Waals surface area (Å²) in [6.07, 6.45) is 5.31. The number of nitro groups is 2. The van der Waals surface area contributed by atoms with E-state index < -0.39 is 9.85 Å². The van der Waals surface area contributed by atoms with Crippen molar-refractivity contribution >= 4 is 35.1 Å². The van der Waals surface area contributed by atoms with E-state index in [1.54, 1.807) is 60.7 Å². The number of carbonyl (C=O) groups excluding carboxylic acids is 2. The summed E-state index contributed by atoms with van der Waals surface area (Å²) in [6, 6.07) is 18.6. The van der Waals surface area contributed by atoms with Crippen molar-refractivity contribution in [3.63, 3.8) is 0 Å². The largest absolute Gasteiger partial charge is 0.493 e. The maximum atomic E-state index is 12.5. The molecule has 0 amide bonds. The Kier molecular flexibility index (Phi) is 13.6. The summed E-state index contributed by atoms with van der Waals surface area (Å²) in [5.74, 6) is 1.17. The fourth-order valence-electron chi connectivity index (χ4n) is 4.69. The molecule has 0 saturated heterocycles. The van der Waals surface area contributed by atoms with E-state index in [1.807, 2.05) is 0 Å². The van der Waals surface area contributed by atoms with E-state index in [2.05, 4.69) is 0 Å². The van der Waals surface area contributed by atoms with Crippen LogP contribution in [0.5, 0.6) is 34.5 Å². The van der Waals surface area contributed by atoms with Crippen molar-refractivity contribution in [2.45, 2.75) is 0 Å². The van der Waals surface area contributed by atoms with E-state index in [-0.39, 0.29) is 45.6 Å². The van der Waals surface area contributed by atoms with E-state index in [0.717, 1.165) is 0 Å². The molecule has 0 fully saturated rings. The molecule has 0 aliphatic rings. The molecular formula is C36H34N2O12. The van der Waals surface area contributed by atoms with Crippen molar-refractivity contribution < 1.29 is 47.9 Å². The summed E-state index contributed by atoms with van der Waals surface area (Å²) in [5, 5.41) is 22.1. The lowest BCUT2D eigenvalue weighted by molar-refractivity contribution is -0.385. The SMILES string of the molecule is COc1ccc(C(=O)/C=C/c2ccccc2[N+](=O)[O-])c(OC)c1OC.COc1ccc(C(=O)/C=C/c2ccccc2[N+](=O)[O-])c(OC)c1OC. The third kappa shape index (κ3) is 8.80. The number of ketones is 2. The second-order valence-electron chi connectivity index (χ2n) is 9.79. The zero-order valence-electron chi connectivity index (χ0n) is 28.0. The van der Waals surface area contributed by atoms with Crippen LogP contribution in [0.4, 0.5) is 11.4 Å². The Morgan fingerprint density at radius 3 is 1.14 bits per heavy atom. The third-order valence-corrected chi connectivity index (χ3v) is 7.03. The highest BCUT2D eigenvalue weighted by Gasteiger charge is 2.21. The van der Waals surface area contributed by atoms with Crippen LogP contribution in [0.3, 0.4) is 0 Å². The quantitative estimate of drug-likeness (QED) is 0.0573. The molecule has 14 heteroatoms. The van der Waals surface area contributed by atoms with Gasteiger partial charge in [0.1, 0.15) is 0 Å². The van der Waals surface area contributed by atoms with Crippen LogP contribution in [0.2, 0.25) is 0 Å². The first-order chi connectivity index (χ1) is 24.1. The highest BCUT2D eigenvalue weighted by molar-refractivity contribution is 6.10. The predicted molar refractivity (Wildman–Crippen MR) is 185 cm³/mol. The molecule has 4 aromatic rings. The van der Waals surface area contributed by atoms with Gasteiger partial charge in [0.2, 0.25) is 11.5 Å². The molecule has 0 aromatic heterocycles. The lowest BCUT2D eigenvalue weighted by Gasteiger charge is -2.14. The number of ether oxygens (including phenoxy) is 6. The molecule has 0 N–H and O–H groups in total. The van der Waals surface area contributed by atoms with Crippen LogP contribution < -0.4 is 28.4 Å². The van der Waals surface area contributed by atoms with E-state index in [0.29, 0.717) is 34.1 Å². The monoisotopic (exact) mass is 686 g/mol. The van der Waals surface area contributed by atoms with Gasteiger partial charge in [-0.2, -0.15) is 0 Å². The van der Waals surface area contributed by atoms with Crippen molar-refractivity contribution in [1.29, 1.82) is 0 Å². The highest BCUT2D eigenvalue weighted by atomic mass is 16.6. The molecule has 50 heavy (non-hydrogen) atoms. The summed E-state index contributed by atoms with van der Waals surface area (Å²) >= 11 is 0. The fourth-order valence-corrected chi connectivity index (χ4v) is 4.69. The smallest absolute Gasteiger partial charge is 0.276 e. The first-order valence-corrected chi connectivity index (χ1v) is 14.6. The van der Waals surface area contributed by atoms with Gasteiger partial charge in [0.15, 0.2) is 34.6 Å². The maximum absolute atomic E-state index is 12.5. The highest BCUT2D eigenvalue weighted by Crippen LogP contribution is 2.41. The normalized spacial score (nSPS) is 10.5. The third-order valence-electron chi connectivity index (χ3n) is 7.03. The average molecular weight is 687 g/mol. The molecule has 0 saturated carbocycles. The van der Waals surface area contributed by atoms with E-state index in [4.69, 9.17) is 28.4 Å². The number of nitrogens with zero attached hydrogens (tertiary/aromatic N) is 2. The Balaban J connectivity index is 0.000000270. The van der Waals surface area contributed by atoms with E-state index in [1.165, 1.54) is 79.1 Å². The number of nitro benzene ring substituents is 2. The minimum atomic E-state index is -0.499. The molecule has 0 bridgehead atoms. The Labute approximate surface area is 287 Å². The molecule has 0 unspecified atom stereocenters. The Hall–Kier alpha value is -6.70. The Morgan fingerprint density at radius 2 is 0.840 bits per heavy atom. The van der Waals surface area contributed by atoms with Gasteiger partial charge in [-0.3, -0.25) is 29.8 Å². The molecule has 4 aromatic carbocycles. The zero-order chi connectivity index (χ0) is 36.8. The first-order valence-electron chi connectivity index (χ1n) is 14.6. The maximum Gasteiger partial charge on any atom is 0.276 e. The molecule has 0 aliphatic heterocycles. The summed E-state index contributed by atoms with van der Waals surface area (Å²) in [4.78, 5) is 46.1. The number of rotatable bonds is 14. The number of carbonyl (C=O) groups is 2. The van der Waals surface area contributed by atoms with Crippen molar-refractivity contribution in [2.75, 3.05) is 42.7 Å². The summed E-state index contributed by atoms with van der Waals surface area (Å²) in [5.41, 5.74) is 1.03. The Bertz CT molecular complexity index is 1800. The Morgan fingerprint density at radius 1 is 0.500 bits per heavy atom. The second kappa shape index (κ2) is 18.0. The van der Waals surface area contributed by atoms with Gasteiger partial charge in [0.25, 0.3) is 11.4 Å². The van der Waals surface area contributed by atoms with Crippen molar-refractivity contribution in [2.24, 2.45) is 0 Å². The van der Waals surface area contributed by atoms with Crippen LogP contribution in [0.15, 0.2) is 84.9 Å². The molecule has 4 rings (SSSR count). The molecule has 0 spiro atoms. The van der Waals surface area contributed by atoms with Gasteiger partial charge in [-0.25, -0.2) is 0 Å². The van der Waals surface area contributed by atoms with Crippen LogP contribution >= 0.6 is 0 Å². The molecule has 0 aliphatic carbocycles. The van der Waals surface area contributed by atoms with Gasteiger partial charge in [-0.1, -0.05) is 24.3 Å². The van der Waals surface area contributed by atoms with Crippen LogP contribution in [0.25, 0.3) is 12.2 Å². The van der Waals surface area contributed by atoms with Crippen molar-refractivity contribution in [1.82, 2.24) is 0 Å². The minimum absolute atomic E-state index is 0.0779. The van der Waals surface area contributed by atoms with Crippen LogP contribution in [0, 0.1) is 20.2 Å². The van der Waals surface area contributed by atoms with Gasteiger partial charge < -0.3 is 28.4 Å². The molecule has 14 nitrogen and oxygen atoms in total. The number of allylic oxidation sites excluding steroid dienone is 2. The zero-order valence-corrected chi connectivity index (χ0v) is 28.0. The van der Waals surface area contributed by atoms with Gasteiger partial charge in [0, 0.05) is 12.1 Å². The van der Waals surface area contributed by atoms with Crippen molar-refractivity contribution in [3.05, 3.63) is 127 Å². The predicted octanol–water partition coefficient (Wildman–Crippen LogP) is 7.03. The summed E-state index contributed by atoms with van der Waals surface area (Å²) < 4.78 is 31.4. The van der Waals surface area contributed by atoms with Crippen LogP contribution in [-0.4, -0.2) is 64.1 Å². The standard InChI is InChI=1S/2C18H17NO6/c2*1-23-16-11-9-13(17(24-2)18(16)25-3)15(20)10-8-12-6-4-5-7-14(12)19(21)22/h2*4-11H,1-3H3/b2*10-8+. The van der Waals surface area contributed by atoms with Gasteiger partial charge in [-0.15, -0.1) is 0 Å². The summed E-state index contributed by atoms with van der Waals surface area (Å²) in [6.45, 7) is 0. The van der Waals surface area contributed by atoms with Crippen LogP contribution in [-0.2, 0) is 0 Å². The lowest BCUT2D eigenvalue weighted by Crippen LogP contribution is -2.03. The second-order valence-corrected chi connectivity index (χ2v) is 9.79. The topological polar surface area (TPSA) is 176 Å². The number of methoxy groups -OCH3 is 6. The summed E-state index contributed by atoms with van der Waals surface area (Å²) in [7, 11) is 8.68.